The molecule has 0 aliphatic rings. The maximum Gasteiger partial charge on any atom is 0.334 e. The van der Waals surface area contributed by atoms with Gasteiger partial charge in [-0.1, -0.05) is 63.4 Å². The van der Waals surface area contributed by atoms with Crippen molar-refractivity contribution in [3.63, 3.8) is 0 Å². The Balaban J connectivity index is 2.56. The fourth-order valence-electron chi connectivity index (χ4n) is 2.11. The molecule has 3 heteroatoms. The number of hydrogen-bond acceptors (Lipinski definition) is 3. The van der Waals surface area contributed by atoms with Crippen LogP contribution < -0.4 is 0 Å². The predicted molar refractivity (Wildman–Crippen MR) is 85.7 cm³/mol. The molecule has 0 radical (unpaired) electrons. The summed E-state index contributed by atoms with van der Waals surface area (Å²) in [7, 11) is 1.56. The third kappa shape index (κ3) is 6.48. The maximum absolute atomic E-state index is 11.9. The molecule has 0 amide bonds. The topological polar surface area (TPSA) is 35.5 Å². The normalized spacial score (nSPS) is 12.8. The summed E-state index contributed by atoms with van der Waals surface area (Å²) in [6.07, 6.45) is 5.92. The Labute approximate surface area is 128 Å². The zero-order chi connectivity index (χ0) is 15.5. The van der Waals surface area contributed by atoms with Crippen LogP contribution in [0.4, 0.5) is 0 Å². The van der Waals surface area contributed by atoms with Gasteiger partial charge in [-0.25, -0.2) is 4.79 Å². The molecule has 0 aromatic heterocycles. The van der Waals surface area contributed by atoms with Gasteiger partial charge in [0.25, 0.3) is 0 Å². The molecule has 1 aromatic carbocycles. The lowest BCUT2D eigenvalue weighted by Gasteiger charge is -2.14. The molecule has 0 aliphatic heterocycles. The molecule has 1 aromatic rings. The van der Waals surface area contributed by atoms with E-state index in [0.29, 0.717) is 18.3 Å². The minimum Gasteiger partial charge on any atom is -0.496 e. The first-order chi connectivity index (χ1) is 10.2. The molecule has 1 unspecified atom stereocenters. The summed E-state index contributed by atoms with van der Waals surface area (Å²) in [4.78, 5) is 11.9. The quantitative estimate of drug-likeness (QED) is 0.383. The standard InChI is InChI=1S/C18H26O3/c1-4-6-10-15(5-2)14-21-18(19)13-17(20-3)16-11-8-7-9-12-16/h7-9,11-13,15H,4-6,10,14H2,1-3H3. The summed E-state index contributed by atoms with van der Waals surface area (Å²) in [6.45, 7) is 4.79. The number of ether oxygens (including phenoxy) is 2. The van der Waals surface area contributed by atoms with Crippen LogP contribution in [0.5, 0.6) is 0 Å². The summed E-state index contributed by atoms with van der Waals surface area (Å²) in [6, 6.07) is 9.54. The Kier molecular flexibility index (Phi) is 8.25. The molecule has 0 fully saturated rings. The van der Waals surface area contributed by atoms with Gasteiger partial charge in [-0.05, 0) is 12.3 Å². The van der Waals surface area contributed by atoms with Gasteiger partial charge in [-0.3, -0.25) is 0 Å². The number of carbonyl (C=O) groups excluding carboxylic acids is 1. The molecule has 0 bridgehead atoms. The second-order valence-electron chi connectivity index (χ2n) is 5.13. The van der Waals surface area contributed by atoms with E-state index in [2.05, 4.69) is 13.8 Å². The third-order valence-electron chi connectivity index (χ3n) is 3.53. The van der Waals surface area contributed by atoms with Crippen LogP contribution in [-0.4, -0.2) is 19.7 Å². The van der Waals surface area contributed by atoms with Crippen molar-refractivity contribution >= 4 is 11.7 Å². The molecule has 0 heterocycles. The fraction of sp³-hybridized carbons (Fsp3) is 0.500. The third-order valence-corrected chi connectivity index (χ3v) is 3.53. The molecule has 1 atom stereocenters. The van der Waals surface area contributed by atoms with Crippen molar-refractivity contribution in [2.75, 3.05) is 13.7 Å². The van der Waals surface area contributed by atoms with E-state index < -0.39 is 0 Å². The Morgan fingerprint density at radius 3 is 2.52 bits per heavy atom. The number of methoxy groups -OCH3 is 1. The number of esters is 1. The van der Waals surface area contributed by atoms with E-state index in [4.69, 9.17) is 9.47 Å². The molecule has 116 valence electrons. The highest BCUT2D eigenvalue weighted by molar-refractivity contribution is 5.89. The second-order valence-corrected chi connectivity index (χ2v) is 5.13. The summed E-state index contributed by atoms with van der Waals surface area (Å²) >= 11 is 0. The van der Waals surface area contributed by atoms with Crippen LogP contribution in [0.15, 0.2) is 36.4 Å². The number of benzene rings is 1. The Morgan fingerprint density at radius 1 is 1.24 bits per heavy atom. The SMILES string of the molecule is CCCCC(CC)COC(=O)C=C(OC)c1ccccc1. The molecule has 0 spiro atoms. The maximum atomic E-state index is 11.9. The van der Waals surface area contributed by atoms with Crippen LogP contribution in [-0.2, 0) is 14.3 Å². The summed E-state index contributed by atoms with van der Waals surface area (Å²) < 4.78 is 10.6. The lowest BCUT2D eigenvalue weighted by molar-refractivity contribution is -0.139. The number of unbranched alkanes of at least 4 members (excludes halogenated alkanes) is 1. The molecule has 1 rings (SSSR count). The van der Waals surface area contributed by atoms with Crippen molar-refractivity contribution in [2.24, 2.45) is 5.92 Å². The van der Waals surface area contributed by atoms with E-state index in [0.717, 1.165) is 18.4 Å². The van der Waals surface area contributed by atoms with Gasteiger partial charge in [0.15, 0.2) is 0 Å². The fourth-order valence-corrected chi connectivity index (χ4v) is 2.11. The predicted octanol–water partition coefficient (Wildman–Crippen LogP) is 4.43. The summed E-state index contributed by atoms with van der Waals surface area (Å²) in [5.41, 5.74) is 0.870. The van der Waals surface area contributed by atoms with Gasteiger partial charge in [0.1, 0.15) is 5.76 Å². The first kappa shape index (κ1) is 17.3. The molecular weight excluding hydrogens is 264 g/mol. The molecule has 0 N–H and O–H groups in total. The average Bonchev–Trinajstić information content (AvgIpc) is 2.53. The van der Waals surface area contributed by atoms with E-state index >= 15 is 0 Å². The van der Waals surface area contributed by atoms with Crippen LogP contribution in [0.3, 0.4) is 0 Å². The molecule has 21 heavy (non-hydrogen) atoms. The van der Waals surface area contributed by atoms with E-state index in [-0.39, 0.29) is 5.97 Å². The van der Waals surface area contributed by atoms with Gasteiger partial charge in [0.2, 0.25) is 0 Å². The molecule has 0 saturated carbocycles. The van der Waals surface area contributed by atoms with Gasteiger partial charge in [0.05, 0.1) is 19.8 Å². The van der Waals surface area contributed by atoms with Crippen LogP contribution in [0.1, 0.15) is 45.1 Å². The van der Waals surface area contributed by atoms with Crippen LogP contribution in [0.25, 0.3) is 5.76 Å². The molecule has 3 nitrogen and oxygen atoms in total. The highest BCUT2D eigenvalue weighted by Crippen LogP contribution is 2.16. The molecule has 0 aliphatic carbocycles. The highest BCUT2D eigenvalue weighted by Gasteiger charge is 2.10. The number of rotatable bonds is 9. The van der Waals surface area contributed by atoms with Crippen LogP contribution in [0.2, 0.25) is 0 Å². The lowest BCUT2D eigenvalue weighted by atomic mass is 10.0. The van der Waals surface area contributed by atoms with Crippen molar-refractivity contribution < 1.29 is 14.3 Å². The zero-order valence-corrected chi connectivity index (χ0v) is 13.3. The van der Waals surface area contributed by atoms with Gasteiger partial charge >= 0.3 is 5.97 Å². The van der Waals surface area contributed by atoms with Crippen molar-refractivity contribution in [2.45, 2.75) is 39.5 Å². The summed E-state index contributed by atoms with van der Waals surface area (Å²) in [5.74, 6) is 0.637. The van der Waals surface area contributed by atoms with Crippen molar-refractivity contribution in [1.29, 1.82) is 0 Å². The monoisotopic (exact) mass is 290 g/mol. The van der Waals surface area contributed by atoms with Crippen LogP contribution >= 0.6 is 0 Å². The van der Waals surface area contributed by atoms with Gasteiger partial charge in [-0.2, -0.15) is 0 Å². The van der Waals surface area contributed by atoms with E-state index in [9.17, 15) is 4.79 Å². The summed E-state index contributed by atoms with van der Waals surface area (Å²) in [5, 5.41) is 0. The smallest absolute Gasteiger partial charge is 0.334 e. The van der Waals surface area contributed by atoms with Crippen LogP contribution in [0, 0.1) is 5.92 Å². The Morgan fingerprint density at radius 2 is 1.95 bits per heavy atom. The Bertz CT molecular complexity index is 437. The average molecular weight is 290 g/mol. The second kappa shape index (κ2) is 10.0. The molecular formula is C18H26O3. The van der Waals surface area contributed by atoms with Gasteiger partial charge in [-0.15, -0.1) is 0 Å². The van der Waals surface area contributed by atoms with E-state index in [1.165, 1.54) is 18.9 Å². The zero-order valence-electron chi connectivity index (χ0n) is 13.3. The Hall–Kier alpha value is -1.77. The van der Waals surface area contributed by atoms with E-state index in [1.54, 1.807) is 7.11 Å². The molecule has 0 saturated heterocycles. The first-order valence-electron chi connectivity index (χ1n) is 7.69. The van der Waals surface area contributed by atoms with Crippen molar-refractivity contribution in [1.82, 2.24) is 0 Å². The van der Waals surface area contributed by atoms with Gasteiger partial charge in [0, 0.05) is 5.56 Å². The minimum atomic E-state index is -0.342. The van der Waals surface area contributed by atoms with E-state index in [1.807, 2.05) is 30.3 Å². The number of carbonyl (C=O) groups is 1. The largest absolute Gasteiger partial charge is 0.496 e. The first-order valence-corrected chi connectivity index (χ1v) is 7.69. The van der Waals surface area contributed by atoms with Crippen molar-refractivity contribution in [3.8, 4) is 0 Å². The lowest BCUT2D eigenvalue weighted by Crippen LogP contribution is -2.12. The highest BCUT2D eigenvalue weighted by atomic mass is 16.5. The number of hydrogen-bond donors (Lipinski definition) is 0. The van der Waals surface area contributed by atoms with Crippen molar-refractivity contribution in [3.05, 3.63) is 42.0 Å². The van der Waals surface area contributed by atoms with Gasteiger partial charge < -0.3 is 9.47 Å². The minimum absolute atomic E-state index is 0.342.